The molecule has 1 spiro atoms. The second-order valence-corrected chi connectivity index (χ2v) is 9.27. The predicted molar refractivity (Wildman–Crippen MR) is 123 cm³/mol. The number of carbonyl (C=O) groups excluding carboxylic acids is 1. The number of pyridine rings is 2. The monoisotopic (exact) mass is 442 g/mol. The van der Waals surface area contributed by atoms with E-state index in [1.807, 2.05) is 19.2 Å². The van der Waals surface area contributed by atoms with Gasteiger partial charge >= 0.3 is 0 Å². The summed E-state index contributed by atoms with van der Waals surface area (Å²) in [5, 5.41) is 13.9. The zero-order valence-electron chi connectivity index (χ0n) is 18.9. The SMILES string of the molecule is CCOc1cc(-c2ccc(N3CC[C@]45CCCN(C(C)=O)C4C35)nc2)c2c(C#N)cnn2c1. The third kappa shape index (κ3) is 2.85. The highest BCUT2D eigenvalue weighted by Gasteiger charge is 2.73. The van der Waals surface area contributed by atoms with Crippen molar-refractivity contribution in [1.29, 1.82) is 5.26 Å². The molecule has 33 heavy (non-hydrogen) atoms. The molecule has 6 rings (SSSR count). The Morgan fingerprint density at radius 2 is 2.15 bits per heavy atom. The fraction of sp³-hybridized carbons (Fsp3) is 0.440. The molecule has 5 heterocycles. The molecule has 0 bridgehead atoms. The molecule has 1 aliphatic carbocycles. The average molecular weight is 443 g/mol. The minimum absolute atomic E-state index is 0.184. The molecule has 2 saturated heterocycles. The zero-order chi connectivity index (χ0) is 22.7. The number of nitriles is 1. The highest BCUT2D eigenvalue weighted by molar-refractivity contribution is 5.85. The van der Waals surface area contributed by atoms with Crippen LogP contribution in [0.4, 0.5) is 5.82 Å². The Morgan fingerprint density at radius 3 is 2.88 bits per heavy atom. The average Bonchev–Trinajstić information content (AvgIpc) is 3.11. The van der Waals surface area contributed by atoms with Gasteiger partial charge in [-0.05, 0) is 44.4 Å². The van der Waals surface area contributed by atoms with Gasteiger partial charge < -0.3 is 14.5 Å². The number of ether oxygens (including phenoxy) is 1. The number of hydrogen-bond acceptors (Lipinski definition) is 6. The van der Waals surface area contributed by atoms with Crippen LogP contribution in [0, 0.1) is 16.7 Å². The Labute approximate surface area is 192 Å². The summed E-state index contributed by atoms with van der Waals surface area (Å²) in [6, 6.07) is 8.99. The van der Waals surface area contributed by atoms with Gasteiger partial charge in [0.15, 0.2) is 0 Å². The van der Waals surface area contributed by atoms with Crippen LogP contribution in [-0.4, -0.2) is 57.2 Å². The van der Waals surface area contributed by atoms with Gasteiger partial charge in [0.1, 0.15) is 17.6 Å². The Bertz CT molecular complexity index is 1290. The van der Waals surface area contributed by atoms with Crippen LogP contribution in [0.1, 0.15) is 38.7 Å². The van der Waals surface area contributed by atoms with Crippen LogP contribution in [0.2, 0.25) is 0 Å². The van der Waals surface area contributed by atoms with E-state index < -0.39 is 0 Å². The third-order valence-electron chi connectivity index (χ3n) is 7.67. The van der Waals surface area contributed by atoms with Crippen LogP contribution < -0.4 is 9.64 Å². The van der Waals surface area contributed by atoms with E-state index in [4.69, 9.17) is 9.72 Å². The number of anilines is 1. The molecule has 3 atom stereocenters. The van der Waals surface area contributed by atoms with Gasteiger partial charge in [-0.25, -0.2) is 9.50 Å². The fourth-order valence-corrected chi connectivity index (χ4v) is 6.28. The molecule has 2 aliphatic heterocycles. The van der Waals surface area contributed by atoms with Crippen molar-refractivity contribution in [3.8, 4) is 22.9 Å². The molecule has 3 aromatic rings. The van der Waals surface area contributed by atoms with Crippen LogP contribution in [0.3, 0.4) is 0 Å². The van der Waals surface area contributed by atoms with Gasteiger partial charge in [0.2, 0.25) is 5.91 Å². The Hall–Kier alpha value is -3.60. The van der Waals surface area contributed by atoms with E-state index in [0.29, 0.717) is 30.0 Å². The number of piperidine rings is 2. The van der Waals surface area contributed by atoms with Gasteiger partial charge in [0, 0.05) is 42.8 Å². The van der Waals surface area contributed by atoms with Gasteiger partial charge in [-0.3, -0.25) is 4.79 Å². The summed E-state index contributed by atoms with van der Waals surface area (Å²) in [5.41, 5.74) is 3.30. The van der Waals surface area contributed by atoms with Crippen LogP contribution in [0.5, 0.6) is 5.75 Å². The molecule has 0 radical (unpaired) electrons. The van der Waals surface area contributed by atoms with Gasteiger partial charge in [0.25, 0.3) is 0 Å². The van der Waals surface area contributed by atoms with Gasteiger partial charge in [0.05, 0.1) is 42.2 Å². The van der Waals surface area contributed by atoms with Crippen molar-refractivity contribution < 1.29 is 9.53 Å². The summed E-state index contributed by atoms with van der Waals surface area (Å²) in [4.78, 5) is 21.5. The van der Waals surface area contributed by atoms with E-state index in [1.165, 1.54) is 6.42 Å². The number of amides is 1. The minimum Gasteiger partial charge on any atom is -0.492 e. The maximum Gasteiger partial charge on any atom is 0.219 e. The van der Waals surface area contributed by atoms with Crippen LogP contribution in [0.15, 0.2) is 36.8 Å². The summed E-state index contributed by atoms with van der Waals surface area (Å²) in [5.74, 6) is 1.83. The van der Waals surface area contributed by atoms with E-state index >= 15 is 0 Å². The van der Waals surface area contributed by atoms with Crippen LogP contribution in [-0.2, 0) is 4.79 Å². The summed E-state index contributed by atoms with van der Waals surface area (Å²) in [7, 11) is 0. The van der Waals surface area contributed by atoms with Crippen molar-refractivity contribution in [3.05, 3.63) is 42.4 Å². The van der Waals surface area contributed by atoms with Crippen molar-refractivity contribution in [2.45, 2.75) is 45.2 Å². The van der Waals surface area contributed by atoms with Crippen LogP contribution in [0.25, 0.3) is 16.6 Å². The van der Waals surface area contributed by atoms with Crippen molar-refractivity contribution in [2.75, 3.05) is 24.6 Å². The lowest BCUT2D eigenvalue weighted by Gasteiger charge is -2.32. The zero-order valence-corrected chi connectivity index (χ0v) is 18.9. The van der Waals surface area contributed by atoms with Gasteiger partial charge in [-0.2, -0.15) is 10.4 Å². The number of carbonyl (C=O) groups is 1. The molecule has 1 amide bonds. The lowest BCUT2D eigenvalue weighted by Crippen LogP contribution is -2.42. The van der Waals surface area contributed by atoms with Gasteiger partial charge in [-0.1, -0.05) is 0 Å². The first kappa shape index (κ1) is 20.0. The van der Waals surface area contributed by atoms with Crippen molar-refractivity contribution >= 4 is 17.2 Å². The lowest BCUT2D eigenvalue weighted by atomic mass is 9.93. The first-order valence-corrected chi connectivity index (χ1v) is 11.6. The summed E-state index contributed by atoms with van der Waals surface area (Å²) in [6.07, 6.45) is 8.65. The van der Waals surface area contributed by atoms with Crippen molar-refractivity contribution in [3.63, 3.8) is 0 Å². The maximum atomic E-state index is 12.2. The number of aromatic nitrogens is 3. The summed E-state index contributed by atoms with van der Waals surface area (Å²) >= 11 is 0. The molecule has 0 N–H and O–H groups in total. The number of hydrogen-bond donors (Lipinski definition) is 0. The number of rotatable bonds is 4. The molecular formula is C25H26N6O2. The molecule has 1 saturated carbocycles. The van der Waals surface area contributed by atoms with E-state index in [0.717, 1.165) is 48.4 Å². The normalized spacial score (nSPS) is 25.5. The highest BCUT2D eigenvalue weighted by atomic mass is 16.5. The fourth-order valence-electron chi connectivity index (χ4n) is 6.28. The summed E-state index contributed by atoms with van der Waals surface area (Å²) < 4.78 is 7.42. The molecule has 3 fully saturated rings. The first-order valence-electron chi connectivity index (χ1n) is 11.6. The molecule has 8 heteroatoms. The smallest absolute Gasteiger partial charge is 0.219 e. The van der Waals surface area contributed by atoms with Crippen LogP contribution >= 0.6 is 0 Å². The third-order valence-corrected chi connectivity index (χ3v) is 7.67. The molecule has 2 unspecified atom stereocenters. The number of fused-ring (bicyclic) bond motifs is 2. The quantitative estimate of drug-likeness (QED) is 0.616. The second-order valence-electron chi connectivity index (χ2n) is 9.27. The molecule has 8 nitrogen and oxygen atoms in total. The second kappa shape index (κ2) is 7.20. The Morgan fingerprint density at radius 1 is 1.27 bits per heavy atom. The molecular weight excluding hydrogens is 416 g/mol. The molecule has 3 aliphatic rings. The number of likely N-dealkylation sites (tertiary alicyclic amines) is 1. The maximum absolute atomic E-state index is 12.2. The van der Waals surface area contributed by atoms with E-state index in [-0.39, 0.29) is 11.3 Å². The minimum atomic E-state index is 0.184. The topological polar surface area (TPSA) is 86.8 Å². The Balaban J connectivity index is 1.34. The standard InChI is InChI=1S/C25H26N6O2/c1-3-33-19-11-20(22-18(12-26)14-28-31(22)15-19)17-5-6-21(27-13-17)30-10-8-25-7-4-9-29(16(2)32)23(25)24(25)30/h5-6,11,13-15,23-24H,3-4,7-10H2,1-2H3/t23?,24?,25-/m1/s1. The van der Waals surface area contributed by atoms with Gasteiger partial charge in [-0.15, -0.1) is 0 Å². The van der Waals surface area contributed by atoms with Crippen molar-refractivity contribution in [2.24, 2.45) is 5.41 Å². The van der Waals surface area contributed by atoms with E-state index in [1.54, 1.807) is 23.8 Å². The predicted octanol–water partition coefficient (Wildman–Crippen LogP) is 3.26. The molecule has 3 aromatic heterocycles. The molecule has 0 aromatic carbocycles. The first-order chi connectivity index (χ1) is 16.1. The lowest BCUT2D eigenvalue weighted by molar-refractivity contribution is -0.131. The van der Waals surface area contributed by atoms with E-state index in [9.17, 15) is 10.1 Å². The number of nitrogens with zero attached hydrogens (tertiary/aromatic N) is 6. The Kier molecular flexibility index (Phi) is 4.37. The largest absolute Gasteiger partial charge is 0.492 e. The molecule has 168 valence electrons. The summed E-state index contributed by atoms with van der Waals surface area (Å²) in [6.45, 7) is 6.02. The highest BCUT2D eigenvalue weighted by Crippen LogP contribution is 2.64. The van der Waals surface area contributed by atoms with Crippen molar-refractivity contribution in [1.82, 2.24) is 19.5 Å². The van der Waals surface area contributed by atoms with E-state index in [2.05, 4.69) is 33.1 Å².